The Morgan fingerprint density at radius 1 is 1.15 bits per heavy atom. The zero-order valence-corrected chi connectivity index (χ0v) is 15.7. The maximum atomic E-state index is 13.0. The predicted molar refractivity (Wildman–Crippen MR) is 101 cm³/mol. The quantitative estimate of drug-likeness (QED) is 0.862. The Bertz CT molecular complexity index is 804. The molecule has 1 heterocycles. The summed E-state index contributed by atoms with van der Waals surface area (Å²) in [6.45, 7) is 0.431. The molecule has 0 spiro atoms. The Morgan fingerprint density at radius 3 is 2.37 bits per heavy atom. The van der Waals surface area contributed by atoms with Crippen molar-refractivity contribution in [3.8, 4) is 17.1 Å². The highest BCUT2D eigenvalue weighted by Gasteiger charge is 2.54. The summed E-state index contributed by atoms with van der Waals surface area (Å²) in [7, 11) is 1.65. The average Bonchev–Trinajstić information content (AvgIpc) is 3.14. The molecule has 1 amide bonds. The van der Waals surface area contributed by atoms with Crippen LogP contribution < -0.4 is 10.1 Å². The van der Waals surface area contributed by atoms with Crippen molar-refractivity contribution >= 4 is 5.91 Å². The second-order valence-corrected chi connectivity index (χ2v) is 8.79. The van der Waals surface area contributed by atoms with Crippen LogP contribution in [0.3, 0.4) is 0 Å². The first-order valence-electron chi connectivity index (χ1n) is 10.0. The van der Waals surface area contributed by atoms with E-state index in [2.05, 4.69) is 10.5 Å². The molecule has 4 saturated carbocycles. The van der Waals surface area contributed by atoms with Crippen molar-refractivity contribution in [1.29, 1.82) is 0 Å². The molecule has 5 heteroatoms. The summed E-state index contributed by atoms with van der Waals surface area (Å²) in [5.41, 5.74) is 1.60. The van der Waals surface area contributed by atoms with Crippen molar-refractivity contribution in [3.63, 3.8) is 0 Å². The van der Waals surface area contributed by atoms with Gasteiger partial charge in [-0.2, -0.15) is 0 Å². The molecule has 5 nitrogen and oxygen atoms in total. The number of aromatic nitrogens is 1. The third-order valence-electron chi connectivity index (χ3n) is 6.88. The summed E-state index contributed by atoms with van der Waals surface area (Å²) in [5, 5.41) is 7.29. The molecule has 0 radical (unpaired) electrons. The zero-order chi connectivity index (χ0) is 18.4. The highest BCUT2D eigenvalue weighted by atomic mass is 16.5. The maximum Gasteiger partial charge on any atom is 0.226 e. The first kappa shape index (κ1) is 16.8. The van der Waals surface area contributed by atoms with Crippen LogP contribution in [0.4, 0.5) is 0 Å². The average molecular weight is 366 g/mol. The molecule has 27 heavy (non-hydrogen) atoms. The minimum Gasteiger partial charge on any atom is -0.497 e. The number of nitrogens with zero attached hydrogens (tertiary/aromatic N) is 1. The van der Waals surface area contributed by atoms with E-state index in [0.717, 1.165) is 54.0 Å². The molecule has 2 aromatic rings. The number of nitrogens with one attached hydrogen (secondary N) is 1. The van der Waals surface area contributed by atoms with Crippen LogP contribution >= 0.6 is 0 Å². The fraction of sp³-hybridized carbons (Fsp3) is 0.545. The second-order valence-electron chi connectivity index (χ2n) is 8.79. The number of benzene rings is 1. The van der Waals surface area contributed by atoms with Gasteiger partial charge in [-0.15, -0.1) is 0 Å². The fourth-order valence-electron chi connectivity index (χ4n) is 6.03. The molecule has 0 unspecified atom stereocenters. The summed E-state index contributed by atoms with van der Waals surface area (Å²) in [5.74, 6) is 4.07. The van der Waals surface area contributed by atoms with Crippen LogP contribution in [0.1, 0.15) is 44.2 Å². The first-order chi connectivity index (χ1) is 13.1. The Hall–Kier alpha value is -2.30. The van der Waals surface area contributed by atoms with Gasteiger partial charge in [0.1, 0.15) is 11.4 Å². The Morgan fingerprint density at radius 2 is 1.78 bits per heavy atom. The van der Waals surface area contributed by atoms with E-state index < -0.39 is 0 Å². The van der Waals surface area contributed by atoms with Gasteiger partial charge in [0.15, 0.2) is 5.76 Å². The number of rotatable bonds is 5. The molecule has 1 N–H and O–H groups in total. The minimum atomic E-state index is -0.114. The molecule has 4 fully saturated rings. The molecular weight excluding hydrogens is 340 g/mol. The lowest BCUT2D eigenvalue weighted by atomic mass is 9.49. The Kier molecular flexibility index (Phi) is 3.99. The van der Waals surface area contributed by atoms with Gasteiger partial charge in [0.2, 0.25) is 5.91 Å². The molecule has 4 bridgehead atoms. The summed E-state index contributed by atoms with van der Waals surface area (Å²) >= 11 is 0. The highest BCUT2D eigenvalue weighted by Crippen LogP contribution is 2.60. The van der Waals surface area contributed by atoms with Gasteiger partial charge in [-0.05, 0) is 80.5 Å². The number of ether oxygens (including phenoxy) is 1. The fourth-order valence-corrected chi connectivity index (χ4v) is 6.03. The number of carbonyl (C=O) groups is 1. The molecule has 1 aromatic heterocycles. The van der Waals surface area contributed by atoms with Crippen molar-refractivity contribution in [1.82, 2.24) is 10.5 Å². The second kappa shape index (κ2) is 6.39. The molecule has 4 aliphatic rings. The number of methoxy groups -OCH3 is 1. The third-order valence-corrected chi connectivity index (χ3v) is 6.88. The van der Waals surface area contributed by atoms with E-state index >= 15 is 0 Å². The number of hydrogen-bond donors (Lipinski definition) is 1. The molecular formula is C22H26N2O3. The van der Waals surface area contributed by atoms with Crippen LogP contribution in [-0.2, 0) is 11.3 Å². The van der Waals surface area contributed by atoms with Crippen LogP contribution in [0.2, 0.25) is 0 Å². The van der Waals surface area contributed by atoms with Crippen molar-refractivity contribution < 1.29 is 14.1 Å². The maximum absolute atomic E-state index is 13.0. The van der Waals surface area contributed by atoms with E-state index in [1.54, 1.807) is 7.11 Å². The predicted octanol–water partition coefficient (Wildman–Crippen LogP) is 4.18. The molecule has 142 valence electrons. The lowest BCUT2D eigenvalue weighted by molar-refractivity contribution is -0.146. The van der Waals surface area contributed by atoms with Crippen molar-refractivity contribution in [2.24, 2.45) is 23.2 Å². The standard InChI is InChI=1S/C22H26N2O3/c1-26-19-4-2-17(3-5-19)20-9-18(24-27-20)13-23-21(25)22-10-14-6-15(11-22)8-16(7-14)12-22/h2-5,9,14-16H,6-8,10-13H2,1H3,(H,23,25). The molecule has 6 rings (SSSR count). The van der Waals surface area contributed by atoms with E-state index in [0.29, 0.717) is 12.3 Å². The van der Waals surface area contributed by atoms with E-state index in [4.69, 9.17) is 9.26 Å². The van der Waals surface area contributed by atoms with E-state index in [9.17, 15) is 4.79 Å². The van der Waals surface area contributed by atoms with Gasteiger partial charge in [0, 0.05) is 17.0 Å². The van der Waals surface area contributed by atoms with Crippen LogP contribution in [0.15, 0.2) is 34.9 Å². The van der Waals surface area contributed by atoms with Gasteiger partial charge < -0.3 is 14.6 Å². The van der Waals surface area contributed by atoms with Gasteiger partial charge >= 0.3 is 0 Å². The van der Waals surface area contributed by atoms with Gasteiger partial charge in [-0.1, -0.05) is 5.16 Å². The summed E-state index contributed by atoms with van der Waals surface area (Å²) in [6.07, 6.45) is 7.30. The SMILES string of the molecule is COc1ccc(-c2cc(CNC(=O)C34CC5CC(CC(C5)C3)C4)no2)cc1. The normalized spacial score (nSPS) is 31.1. The zero-order valence-electron chi connectivity index (χ0n) is 15.7. The topological polar surface area (TPSA) is 64.4 Å². The van der Waals surface area contributed by atoms with Crippen LogP contribution in [0.25, 0.3) is 11.3 Å². The van der Waals surface area contributed by atoms with E-state index in [-0.39, 0.29) is 11.3 Å². The molecule has 0 atom stereocenters. The molecule has 0 saturated heterocycles. The van der Waals surface area contributed by atoms with E-state index in [1.807, 2.05) is 30.3 Å². The largest absolute Gasteiger partial charge is 0.497 e. The van der Waals surface area contributed by atoms with Gasteiger partial charge in [0.05, 0.1) is 13.7 Å². The lowest BCUT2D eigenvalue weighted by Crippen LogP contribution is -2.53. The molecule has 4 aliphatic carbocycles. The number of hydrogen-bond acceptors (Lipinski definition) is 4. The summed E-state index contributed by atoms with van der Waals surface area (Å²) in [4.78, 5) is 13.0. The monoisotopic (exact) mass is 366 g/mol. The van der Waals surface area contributed by atoms with E-state index in [1.165, 1.54) is 19.3 Å². The molecule has 0 aliphatic heterocycles. The number of amides is 1. The van der Waals surface area contributed by atoms with Crippen LogP contribution in [0.5, 0.6) is 5.75 Å². The van der Waals surface area contributed by atoms with Gasteiger partial charge in [-0.3, -0.25) is 4.79 Å². The Labute approximate surface area is 159 Å². The first-order valence-corrected chi connectivity index (χ1v) is 10.0. The summed E-state index contributed by atoms with van der Waals surface area (Å²) < 4.78 is 10.6. The van der Waals surface area contributed by atoms with Crippen LogP contribution in [-0.4, -0.2) is 18.2 Å². The van der Waals surface area contributed by atoms with Crippen molar-refractivity contribution in [2.75, 3.05) is 7.11 Å². The Balaban J connectivity index is 1.24. The van der Waals surface area contributed by atoms with Crippen LogP contribution in [0, 0.1) is 23.2 Å². The lowest BCUT2D eigenvalue weighted by Gasteiger charge is -2.55. The van der Waals surface area contributed by atoms with Gasteiger partial charge in [-0.25, -0.2) is 0 Å². The third kappa shape index (κ3) is 3.03. The highest BCUT2D eigenvalue weighted by molar-refractivity contribution is 5.83. The minimum absolute atomic E-state index is 0.114. The number of carbonyl (C=O) groups excluding carboxylic acids is 1. The molecule has 1 aromatic carbocycles. The summed E-state index contributed by atoms with van der Waals surface area (Å²) in [6, 6.07) is 9.58. The van der Waals surface area contributed by atoms with Crippen molar-refractivity contribution in [2.45, 2.75) is 45.1 Å². The van der Waals surface area contributed by atoms with Crippen molar-refractivity contribution in [3.05, 3.63) is 36.0 Å². The smallest absolute Gasteiger partial charge is 0.226 e. The van der Waals surface area contributed by atoms with Gasteiger partial charge in [0.25, 0.3) is 0 Å².